The van der Waals surface area contributed by atoms with E-state index in [1.807, 2.05) is 0 Å². The van der Waals surface area contributed by atoms with Gasteiger partial charge in [0.15, 0.2) is 0 Å². The topological polar surface area (TPSA) is 4.93 Å². The fourth-order valence-electron chi connectivity index (χ4n) is 6.71. The minimum absolute atomic E-state index is 0.374. The lowest BCUT2D eigenvalue weighted by molar-refractivity contribution is 0.158. The summed E-state index contributed by atoms with van der Waals surface area (Å²) in [5, 5.41) is 1.41. The summed E-state index contributed by atoms with van der Waals surface area (Å²) in [5.41, 5.74) is 5.99. The van der Waals surface area contributed by atoms with E-state index in [9.17, 15) is 0 Å². The minimum Gasteiger partial charge on any atom is -0.334 e. The second-order valence-electron chi connectivity index (χ2n) is 8.99. The van der Waals surface area contributed by atoms with Crippen molar-refractivity contribution in [1.82, 2.24) is 4.57 Å². The second-order valence-corrected chi connectivity index (χ2v) is 8.99. The molecule has 126 valence electrons. The Balaban J connectivity index is 1.63. The lowest BCUT2D eigenvalue weighted by atomic mass is 9.75. The van der Waals surface area contributed by atoms with Gasteiger partial charge < -0.3 is 4.57 Å². The summed E-state index contributed by atoms with van der Waals surface area (Å²) >= 11 is 0. The molecule has 2 atom stereocenters. The molecule has 0 N–H and O–H groups in total. The molecule has 25 heavy (non-hydrogen) atoms. The van der Waals surface area contributed by atoms with Crippen LogP contribution >= 0.6 is 0 Å². The Bertz CT molecular complexity index is 945. The van der Waals surface area contributed by atoms with Crippen molar-refractivity contribution < 1.29 is 0 Å². The van der Waals surface area contributed by atoms with E-state index in [0.717, 1.165) is 17.8 Å². The average molecular weight is 327 g/mol. The van der Waals surface area contributed by atoms with E-state index in [-0.39, 0.29) is 0 Å². The van der Waals surface area contributed by atoms with Crippen LogP contribution in [0.5, 0.6) is 0 Å². The Labute approximate surface area is 149 Å². The third-order valence-corrected chi connectivity index (χ3v) is 7.39. The summed E-state index contributed by atoms with van der Waals surface area (Å²) in [5.74, 6) is 2.96. The molecule has 1 nitrogen and oxygen atoms in total. The number of rotatable bonds is 2. The van der Waals surface area contributed by atoms with Gasteiger partial charge in [0.1, 0.15) is 0 Å². The van der Waals surface area contributed by atoms with Crippen LogP contribution in [0.15, 0.2) is 54.6 Å². The standard InChI is InChI=1S/C24H25N/c1-16-7-8-22-19(9-16)12-23(18-5-3-2-4-6-18)25(22)24-13-17-10-20(14-24)21(11-17)15-24/h2-9,12,17,20-21H,10-11,13-15H2,1H3. The molecule has 4 bridgehead atoms. The Morgan fingerprint density at radius 2 is 1.64 bits per heavy atom. The lowest BCUT2D eigenvalue weighted by Gasteiger charge is -2.41. The summed E-state index contributed by atoms with van der Waals surface area (Å²) in [6.45, 7) is 2.21. The predicted molar refractivity (Wildman–Crippen MR) is 104 cm³/mol. The zero-order chi connectivity index (χ0) is 16.6. The van der Waals surface area contributed by atoms with Crippen LogP contribution < -0.4 is 0 Å². The van der Waals surface area contributed by atoms with Crippen LogP contribution in [-0.2, 0) is 5.54 Å². The van der Waals surface area contributed by atoms with E-state index in [1.54, 1.807) is 0 Å². The highest BCUT2D eigenvalue weighted by Crippen LogP contribution is 2.64. The lowest BCUT2D eigenvalue weighted by Crippen LogP contribution is -2.37. The molecule has 0 radical (unpaired) electrons. The van der Waals surface area contributed by atoms with Gasteiger partial charge in [-0.15, -0.1) is 0 Å². The van der Waals surface area contributed by atoms with E-state index in [4.69, 9.17) is 0 Å². The van der Waals surface area contributed by atoms with Crippen molar-refractivity contribution in [1.29, 1.82) is 0 Å². The Kier molecular flexibility index (Phi) is 2.71. The van der Waals surface area contributed by atoms with Gasteiger partial charge in [-0.05, 0) is 80.5 Å². The first kappa shape index (κ1) is 14.2. The zero-order valence-corrected chi connectivity index (χ0v) is 14.9. The molecule has 7 rings (SSSR count). The maximum Gasteiger partial charge on any atom is 0.0496 e. The molecule has 4 aliphatic carbocycles. The van der Waals surface area contributed by atoms with Gasteiger partial charge in [0.2, 0.25) is 0 Å². The van der Waals surface area contributed by atoms with Crippen molar-refractivity contribution in [2.24, 2.45) is 17.8 Å². The Hall–Kier alpha value is -2.02. The summed E-state index contributed by atoms with van der Waals surface area (Å²) in [6, 6.07) is 20.5. The van der Waals surface area contributed by atoms with Gasteiger partial charge in [-0.2, -0.15) is 0 Å². The van der Waals surface area contributed by atoms with Crippen molar-refractivity contribution in [3.8, 4) is 11.3 Å². The molecule has 3 aromatic rings. The smallest absolute Gasteiger partial charge is 0.0496 e. The van der Waals surface area contributed by atoms with Gasteiger partial charge in [0.05, 0.1) is 0 Å². The fraction of sp³-hybridized carbons (Fsp3) is 0.417. The van der Waals surface area contributed by atoms with Crippen molar-refractivity contribution in [3.05, 3.63) is 60.2 Å². The number of hydrogen-bond donors (Lipinski definition) is 0. The second kappa shape index (κ2) is 4.78. The number of nitrogens with zero attached hydrogens (tertiary/aromatic N) is 1. The normalized spacial score (nSPS) is 32.8. The monoisotopic (exact) mass is 327 g/mol. The highest BCUT2D eigenvalue weighted by Gasteiger charge is 2.57. The molecule has 1 aromatic heterocycles. The van der Waals surface area contributed by atoms with Gasteiger partial charge >= 0.3 is 0 Å². The average Bonchev–Trinajstić information content (AvgIpc) is 3.21. The molecule has 0 saturated heterocycles. The highest BCUT2D eigenvalue weighted by molar-refractivity contribution is 5.88. The Morgan fingerprint density at radius 3 is 2.36 bits per heavy atom. The molecule has 0 spiro atoms. The number of aryl methyl sites for hydroxylation is 1. The van der Waals surface area contributed by atoms with Crippen LogP contribution in [0.2, 0.25) is 0 Å². The van der Waals surface area contributed by atoms with Gasteiger partial charge in [-0.25, -0.2) is 0 Å². The van der Waals surface area contributed by atoms with E-state index >= 15 is 0 Å². The quantitative estimate of drug-likeness (QED) is 0.532. The molecular formula is C24H25N. The molecule has 1 heteroatoms. The fourth-order valence-corrected chi connectivity index (χ4v) is 6.71. The molecule has 1 heterocycles. The third-order valence-electron chi connectivity index (χ3n) is 7.39. The first-order chi connectivity index (χ1) is 12.2. The van der Waals surface area contributed by atoms with Gasteiger partial charge in [-0.3, -0.25) is 0 Å². The first-order valence-electron chi connectivity index (χ1n) is 9.90. The number of hydrogen-bond acceptors (Lipinski definition) is 0. The maximum absolute atomic E-state index is 2.77. The third kappa shape index (κ3) is 1.90. The van der Waals surface area contributed by atoms with Crippen LogP contribution in [0.3, 0.4) is 0 Å². The van der Waals surface area contributed by atoms with Crippen molar-refractivity contribution in [2.45, 2.75) is 44.6 Å². The molecule has 4 fully saturated rings. The summed E-state index contributed by atoms with van der Waals surface area (Å²) in [6.07, 6.45) is 7.23. The molecule has 2 unspecified atom stereocenters. The summed E-state index contributed by atoms with van der Waals surface area (Å²) < 4.78 is 2.77. The predicted octanol–water partition coefficient (Wildman–Crippen LogP) is 6.15. The van der Waals surface area contributed by atoms with E-state index in [1.165, 1.54) is 59.8 Å². The van der Waals surface area contributed by atoms with Crippen LogP contribution in [-0.4, -0.2) is 4.57 Å². The van der Waals surface area contributed by atoms with Crippen LogP contribution in [0.25, 0.3) is 22.2 Å². The van der Waals surface area contributed by atoms with E-state index < -0.39 is 0 Å². The number of fused-ring (bicyclic) bond motifs is 1. The summed E-state index contributed by atoms with van der Waals surface area (Å²) in [7, 11) is 0. The zero-order valence-electron chi connectivity index (χ0n) is 14.9. The molecule has 4 aliphatic rings. The molecule has 0 amide bonds. The highest BCUT2D eigenvalue weighted by atomic mass is 15.1. The molecule has 2 aromatic carbocycles. The van der Waals surface area contributed by atoms with Gasteiger partial charge in [0.25, 0.3) is 0 Å². The van der Waals surface area contributed by atoms with Crippen molar-refractivity contribution in [2.75, 3.05) is 0 Å². The van der Waals surface area contributed by atoms with Crippen molar-refractivity contribution >= 4 is 10.9 Å². The molecule has 4 saturated carbocycles. The molecular weight excluding hydrogens is 302 g/mol. The first-order valence-corrected chi connectivity index (χ1v) is 9.90. The Morgan fingerprint density at radius 1 is 0.880 bits per heavy atom. The van der Waals surface area contributed by atoms with Crippen LogP contribution in [0, 0.1) is 24.7 Å². The number of aromatic nitrogens is 1. The SMILES string of the molecule is Cc1ccc2c(c1)cc(-c1ccccc1)n2C12CC3CC(C1)C(C3)C2. The van der Waals surface area contributed by atoms with Gasteiger partial charge in [0, 0.05) is 22.1 Å². The van der Waals surface area contributed by atoms with Gasteiger partial charge in [-0.1, -0.05) is 42.0 Å². The van der Waals surface area contributed by atoms with Crippen LogP contribution in [0.1, 0.15) is 37.7 Å². The maximum atomic E-state index is 2.77. The minimum atomic E-state index is 0.374. The van der Waals surface area contributed by atoms with Crippen molar-refractivity contribution in [3.63, 3.8) is 0 Å². The van der Waals surface area contributed by atoms with E-state index in [0.29, 0.717) is 5.54 Å². The largest absolute Gasteiger partial charge is 0.334 e. The van der Waals surface area contributed by atoms with E-state index in [2.05, 4.69) is 66.1 Å². The summed E-state index contributed by atoms with van der Waals surface area (Å²) in [4.78, 5) is 0. The molecule has 0 aliphatic heterocycles. The number of benzene rings is 2. The van der Waals surface area contributed by atoms with Crippen LogP contribution in [0.4, 0.5) is 0 Å².